The maximum atomic E-state index is 13.4. The van der Waals surface area contributed by atoms with E-state index in [1.54, 1.807) is 0 Å². The van der Waals surface area contributed by atoms with Crippen LogP contribution in [0.4, 0.5) is 0 Å². The Bertz CT molecular complexity index is 1130. The van der Waals surface area contributed by atoms with Gasteiger partial charge in [-0.2, -0.15) is 0 Å². The standard InChI is InChI=1S/C29H36N4O4/c30-25-16-26(34)33-11-4-6-19(18-33)10-12-37-24-9-3-5-20(13-24)17-31-29(36)27(32-28(25)35)23-14-21-7-1-2-8-22(21)15-23/h1-3,5,7-9,13,19,23,25,27H,4,6,10-12,14-18,30H2,(H,31,36)(H,32,35)/t19?,25-,27-/m0/s1. The molecular formula is C29H36N4O4. The summed E-state index contributed by atoms with van der Waals surface area (Å²) in [6.07, 6.45) is 4.15. The molecule has 8 heteroatoms. The number of rotatable bonds is 1. The maximum Gasteiger partial charge on any atom is 0.243 e. The summed E-state index contributed by atoms with van der Waals surface area (Å²) in [6.45, 7) is 2.22. The largest absolute Gasteiger partial charge is 0.494 e. The number of hydrogen-bond donors (Lipinski definition) is 3. The van der Waals surface area contributed by atoms with Gasteiger partial charge in [0.1, 0.15) is 11.8 Å². The molecule has 0 saturated carbocycles. The molecule has 196 valence electrons. The molecule has 3 aliphatic rings. The summed E-state index contributed by atoms with van der Waals surface area (Å²) in [7, 11) is 0. The number of benzene rings is 2. The van der Waals surface area contributed by atoms with Gasteiger partial charge in [0.2, 0.25) is 17.7 Å². The lowest BCUT2D eigenvalue weighted by Crippen LogP contribution is -2.55. The Kier molecular flexibility index (Phi) is 7.74. The number of ether oxygens (including phenoxy) is 1. The van der Waals surface area contributed by atoms with Crippen molar-refractivity contribution in [2.24, 2.45) is 17.6 Å². The zero-order chi connectivity index (χ0) is 25.8. The summed E-state index contributed by atoms with van der Waals surface area (Å²) in [4.78, 5) is 41.4. The molecule has 1 fully saturated rings. The average molecular weight is 505 g/mol. The lowest BCUT2D eigenvalue weighted by atomic mass is 9.94. The van der Waals surface area contributed by atoms with Crippen molar-refractivity contribution in [1.29, 1.82) is 0 Å². The smallest absolute Gasteiger partial charge is 0.243 e. The van der Waals surface area contributed by atoms with Crippen molar-refractivity contribution >= 4 is 17.7 Å². The quantitative estimate of drug-likeness (QED) is 0.549. The molecule has 1 saturated heterocycles. The van der Waals surface area contributed by atoms with E-state index in [2.05, 4.69) is 22.8 Å². The first-order chi connectivity index (χ1) is 18.0. The normalized spacial score (nSPS) is 25.8. The number of nitrogens with two attached hydrogens (primary N) is 1. The lowest BCUT2D eigenvalue weighted by molar-refractivity contribution is -0.136. The van der Waals surface area contributed by atoms with Crippen molar-refractivity contribution in [2.75, 3.05) is 19.7 Å². The van der Waals surface area contributed by atoms with E-state index in [9.17, 15) is 14.4 Å². The molecule has 2 aromatic carbocycles. The number of carbonyl (C=O) groups excluding carboxylic acids is 3. The van der Waals surface area contributed by atoms with Gasteiger partial charge in [0, 0.05) is 19.6 Å². The van der Waals surface area contributed by atoms with Crippen molar-refractivity contribution in [3.05, 3.63) is 65.2 Å². The van der Waals surface area contributed by atoms with Gasteiger partial charge in [0.15, 0.2) is 0 Å². The Hall–Kier alpha value is -3.39. The molecule has 8 nitrogen and oxygen atoms in total. The fourth-order valence-electron chi connectivity index (χ4n) is 5.81. The van der Waals surface area contributed by atoms with Gasteiger partial charge in [0.05, 0.1) is 19.1 Å². The number of nitrogens with one attached hydrogen (secondary N) is 2. The summed E-state index contributed by atoms with van der Waals surface area (Å²) in [5.74, 6) is 0.199. The van der Waals surface area contributed by atoms with Gasteiger partial charge in [0.25, 0.3) is 0 Å². The van der Waals surface area contributed by atoms with Crippen LogP contribution in [-0.4, -0.2) is 54.4 Å². The molecule has 5 rings (SSSR count). The second-order valence-corrected chi connectivity index (χ2v) is 10.6. The van der Waals surface area contributed by atoms with Gasteiger partial charge < -0.3 is 26.0 Å². The molecule has 4 bridgehead atoms. The maximum absolute atomic E-state index is 13.4. The Morgan fingerprint density at radius 1 is 0.919 bits per heavy atom. The van der Waals surface area contributed by atoms with Crippen molar-refractivity contribution < 1.29 is 19.1 Å². The number of amides is 3. The van der Waals surface area contributed by atoms with E-state index in [-0.39, 0.29) is 24.2 Å². The Labute approximate surface area is 217 Å². The highest BCUT2D eigenvalue weighted by molar-refractivity contribution is 5.92. The van der Waals surface area contributed by atoms with Crippen LogP contribution in [0.2, 0.25) is 0 Å². The van der Waals surface area contributed by atoms with E-state index in [0.29, 0.717) is 45.0 Å². The zero-order valence-corrected chi connectivity index (χ0v) is 21.2. The van der Waals surface area contributed by atoms with Gasteiger partial charge in [-0.3, -0.25) is 14.4 Å². The minimum atomic E-state index is -1.01. The third kappa shape index (κ3) is 6.13. The molecule has 2 heterocycles. The van der Waals surface area contributed by atoms with Crippen LogP contribution in [0.25, 0.3) is 0 Å². The molecule has 1 aliphatic carbocycles. The topological polar surface area (TPSA) is 114 Å². The summed E-state index contributed by atoms with van der Waals surface area (Å²) < 4.78 is 6.01. The van der Waals surface area contributed by atoms with Crippen LogP contribution in [-0.2, 0) is 33.8 Å². The third-order valence-corrected chi connectivity index (χ3v) is 7.90. The minimum Gasteiger partial charge on any atom is -0.494 e. The van der Waals surface area contributed by atoms with E-state index < -0.39 is 18.0 Å². The molecule has 3 amide bonds. The first-order valence-corrected chi connectivity index (χ1v) is 13.4. The zero-order valence-electron chi connectivity index (χ0n) is 21.2. The second kappa shape index (κ2) is 11.3. The highest BCUT2D eigenvalue weighted by Crippen LogP contribution is 2.29. The molecule has 4 N–H and O–H groups in total. The van der Waals surface area contributed by atoms with Crippen LogP contribution in [0.5, 0.6) is 5.75 Å². The highest BCUT2D eigenvalue weighted by Gasteiger charge is 2.36. The fourth-order valence-corrected chi connectivity index (χ4v) is 5.81. The van der Waals surface area contributed by atoms with E-state index in [0.717, 1.165) is 30.6 Å². The molecule has 0 spiro atoms. The van der Waals surface area contributed by atoms with Crippen molar-refractivity contribution in [1.82, 2.24) is 15.5 Å². The van der Waals surface area contributed by atoms with Crippen molar-refractivity contribution in [3.8, 4) is 5.75 Å². The predicted molar refractivity (Wildman–Crippen MR) is 140 cm³/mol. The van der Waals surface area contributed by atoms with Gasteiger partial charge in [-0.15, -0.1) is 0 Å². The third-order valence-electron chi connectivity index (χ3n) is 7.90. The predicted octanol–water partition coefficient (Wildman–Crippen LogP) is 1.94. The van der Waals surface area contributed by atoms with E-state index >= 15 is 0 Å². The van der Waals surface area contributed by atoms with Crippen LogP contribution in [0, 0.1) is 11.8 Å². The van der Waals surface area contributed by atoms with Gasteiger partial charge in [-0.25, -0.2) is 0 Å². The van der Waals surface area contributed by atoms with Gasteiger partial charge in [-0.05, 0) is 72.8 Å². The second-order valence-electron chi connectivity index (χ2n) is 10.6. The highest BCUT2D eigenvalue weighted by atomic mass is 16.5. The first kappa shape index (κ1) is 25.3. The number of fused-ring (bicyclic) bond motifs is 5. The molecule has 0 aromatic heterocycles. The molecule has 0 radical (unpaired) electrons. The monoisotopic (exact) mass is 504 g/mol. The summed E-state index contributed by atoms with van der Waals surface area (Å²) in [6, 6.07) is 14.1. The van der Waals surface area contributed by atoms with E-state index in [1.807, 2.05) is 41.3 Å². The van der Waals surface area contributed by atoms with Gasteiger partial charge in [-0.1, -0.05) is 36.4 Å². The SMILES string of the molecule is N[C@H]1CC(=O)N2CCCC(CCOc3cccc(c3)CNC(=O)[C@H](C3Cc4ccccc4C3)NC1=O)C2. The van der Waals surface area contributed by atoms with Crippen LogP contribution in [0.15, 0.2) is 48.5 Å². The molecular weight excluding hydrogens is 468 g/mol. The first-order valence-electron chi connectivity index (χ1n) is 13.4. The Morgan fingerprint density at radius 2 is 1.70 bits per heavy atom. The summed E-state index contributed by atoms with van der Waals surface area (Å²) >= 11 is 0. The molecule has 1 unspecified atom stereocenters. The number of piperidine rings is 1. The van der Waals surface area contributed by atoms with Crippen LogP contribution < -0.4 is 21.1 Å². The lowest BCUT2D eigenvalue weighted by Gasteiger charge is -2.33. The van der Waals surface area contributed by atoms with Crippen molar-refractivity contribution in [3.63, 3.8) is 0 Å². The number of nitrogens with zero attached hydrogens (tertiary/aromatic N) is 1. The molecule has 2 aromatic rings. The molecule has 2 aliphatic heterocycles. The Morgan fingerprint density at radius 3 is 2.49 bits per heavy atom. The van der Waals surface area contributed by atoms with Crippen LogP contribution >= 0.6 is 0 Å². The molecule has 3 atom stereocenters. The van der Waals surface area contributed by atoms with E-state index in [4.69, 9.17) is 10.5 Å². The minimum absolute atomic E-state index is 0.0706. The van der Waals surface area contributed by atoms with Crippen LogP contribution in [0.3, 0.4) is 0 Å². The summed E-state index contributed by atoms with van der Waals surface area (Å²) in [5, 5.41) is 5.91. The number of hydrogen-bond acceptors (Lipinski definition) is 5. The Balaban J connectivity index is 1.37. The van der Waals surface area contributed by atoms with Gasteiger partial charge >= 0.3 is 0 Å². The van der Waals surface area contributed by atoms with E-state index in [1.165, 1.54) is 11.1 Å². The summed E-state index contributed by atoms with van der Waals surface area (Å²) in [5.41, 5.74) is 9.52. The fraction of sp³-hybridized carbons (Fsp3) is 0.483. The average Bonchev–Trinajstić information content (AvgIpc) is 3.34. The molecule has 37 heavy (non-hydrogen) atoms. The van der Waals surface area contributed by atoms with Crippen molar-refractivity contribution in [2.45, 2.75) is 57.2 Å². The number of carbonyl (C=O) groups is 3. The van der Waals surface area contributed by atoms with Crippen LogP contribution in [0.1, 0.15) is 42.4 Å².